The van der Waals surface area contributed by atoms with Crippen LogP contribution in [0.2, 0.25) is 5.02 Å². The summed E-state index contributed by atoms with van der Waals surface area (Å²) in [4.78, 5) is 41.4. The molecule has 0 bridgehead atoms. The van der Waals surface area contributed by atoms with Gasteiger partial charge in [0.25, 0.3) is 5.91 Å². The van der Waals surface area contributed by atoms with E-state index >= 15 is 0 Å². The Morgan fingerprint density at radius 2 is 1.80 bits per heavy atom. The van der Waals surface area contributed by atoms with Crippen LogP contribution in [0.5, 0.6) is 11.5 Å². The summed E-state index contributed by atoms with van der Waals surface area (Å²) >= 11 is 6.52. The molecular weight excluding hydrogens is 683 g/mol. The molecule has 1 saturated carbocycles. The van der Waals surface area contributed by atoms with Crippen LogP contribution >= 0.6 is 11.6 Å². The standard InChI is InChI=1S/C35H35ClF3N3O8/c1-21(49-34(45)50-24-10-4-3-5-11-24)48-32(43)13-8-14-47-30-17-28(36)25(27-20-41-31(35(37,38)39)15-23(27)18-40)16-26(30)33(44)42-19-22-9-6-7-12-29(22)46-2/h6-7,9,12,15-17,20-21,24H,3-5,8,10-11,13-14,19H2,1-2H3,(H,42,44). The number of nitriles is 1. The first-order valence-electron chi connectivity index (χ1n) is 15.8. The van der Waals surface area contributed by atoms with Crippen LogP contribution in [-0.4, -0.2) is 49.1 Å². The predicted molar refractivity (Wildman–Crippen MR) is 173 cm³/mol. The second kappa shape index (κ2) is 17.6. The van der Waals surface area contributed by atoms with E-state index < -0.39 is 36.2 Å². The lowest BCUT2D eigenvalue weighted by atomic mass is 9.98. The highest BCUT2D eigenvalue weighted by Crippen LogP contribution is 2.38. The SMILES string of the molecule is COc1ccccc1CNC(=O)c1cc(-c2cnc(C(F)(F)F)cc2C#N)c(Cl)cc1OCCCC(=O)OC(C)OC(=O)OC1CCCCC1. The molecule has 1 unspecified atom stereocenters. The van der Waals surface area contributed by atoms with Gasteiger partial charge in [-0.2, -0.15) is 18.4 Å². The summed E-state index contributed by atoms with van der Waals surface area (Å²) in [6, 6.07) is 11.9. The van der Waals surface area contributed by atoms with E-state index in [0.29, 0.717) is 17.4 Å². The Morgan fingerprint density at radius 1 is 1.06 bits per heavy atom. The molecule has 1 heterocycles. The Balaban J connectivity index is 1.46. The number of methoxy groups -OCH3 is 1. The first-order valence-corrected chi connectivity index (χ1v) is 16.2. The number of nitrogens with zero attached hydrogens (tertiary/aromatic N) is 2. The Labute approximate surface area is 291 Å². The number of amides is 1. The molecule has 1 amide bonds. The zero-order chi connectivity index (χ0) is 36.3. The third-order valence-electron chi connectivity index (χ3n) is 7.71. The van der Waals surface area contributed by atoms with Crippen molar-refractivity contribution in [3.05, 3.63) is 76.1 Å². The lowest BCUT2D eigenvalue weighted by Crippen LogP contribution is -2.26. The molecule has 1 aromatic heterocycles. The number of esters is 1. The molecule has 1 atom stereocenters. The van der Waals surface area contributed by atoms with Crippen LogP contribution in [0.1, 0.15) is 79.0 Å². The lowest BCUT2D eigenvalue weighted by Gasteiger charge is -2.22. The number of rotatable bonds is 13. The van der Waals surface area contributed by atoms with Gasteiger partial charge in [-0.15, -0.1) is 0 Å². The van der Waals surface area contributed by atoms with Gasteiger partial charge in [0.05, 0.1) is 35.9 Å². The molecule has 11 nitrogen and oxygen atoms in total. The summed E-state index contributed by atoms with van der Waals surface area (Å²) < 4.78 is 66.4. The summed E-state index contributed by atoms with van der Waals surface area (Å²) in [5.41, 5.74) is -0.969. The zero-order valence-electron chi connectivity index (χ0n) is 27.3. The van der Waals surface area contributed by atoms with E-state index in [4.69, 9.17) is 35.3 Å². The van der Waals surface area contributed by atoms with Gasteiger partial charge in [0.15, 0.2) is 0 Å². The quantitative estimate of drug-likeness (QED) is 0.106. The molecule has 0 radical (unpaired) electrons. The number of benzene rings is 2. The van der Waals surface area contributed by atoms with Crippen LogP contribution in [0, 0.1) is 11.3 Å². The van der Waals surface area contributed by atoms with E-state index in [2.05, 4.69) is 10.3 Å². The second-order valence-electron chi connectivity index (χ2n) is 11.3. The Morgan fingerprint density at radius 3 is 2.50 bits per heavy atom. The van der Waals surface area contributed by atoms with Gasteiger partial charge in [-0.25, -0.2) is 4.79 Å². The number of halogens is 4. The van der Waals surface area contributed by atoms with Crippen molar-refractivity contribution in [3.8, 4) is 28.7 Å². The van der Waals surface area contributed by atoms with Crippen LogP contribution in [0.3, 0.4) is 0 Å². The normalized spacial score (nSPS) is 13.8. The third-order valence-corrected chi connectivity index (χ3v) is 8.02. The highest BCUT2D eigenvalue weighted by Gasteiger charge is 2.33. The second-order valence-corrected chi connectivity index (χ2v) is 11.7. The molecule has 1 fully saturated rings. The van der Waals surface area contributed by atoms with Crippen molar-refractivity contribution in [2.45, 2.75) is 77.0 Å². The van der Waals surface area contributed by atoms with Gasteiger partial charge in [-0.05, 0) is 50.3 Å². The third kappa shape index (κ3) is 10.5. The highest BCUT2D eigenvalue weighted by atomic mass is 35.5. The summed E-state index contributed by atoms with van der Waals surface area (Å²) in [6.45, 7) is 1.35. The van der Waals surface area contributed by atoms with Crippen molar-refractivity contribution in [1.82, 2.24) is 10.3 Å². The maximum Gasteiger partial charge on any atom is 0.511 e. The van der Waals surface area contributed by atoms with Crippen molar-refractivity contribution < 1.29 is 51.2 Å². The van der Waals surface area contributed by atoms with E-state index in [1.807, 2.05) is 0 Å². The molecule has 1 aliphatic carbocycles. The van der Waals surface area contributed by atoms with Crippen molar-refractivity contribution in [2.75, 3.05) is 13.7 Å². The van der Waals surface area contributed by atoms with Gasteiger partial charge in [0.1, 0.15) is 23.3 Å². The first-order chi connectivity index (χ1) is 23.9. The fourth-order valence-corrected chi connectivity index (χ4v) is 5.50. The van der Waals surface area contributed by atoms with Gasteiger partial charge in [0.2, 0.25) is 6.29 Å². The van der Waals surface area contributed by atoms with Crippen molar-refractivity contribution in [3.63, 3.8) is 0 Å². The average Bonchev–Trinajstić information content (AvgIpc) is 3.08. The number of para-hydroxylation sites is 1. The number of hydrogen-bond donors (Lipinski definition) is 1. The Hall–Kier alpha value is -5.03. The number of pyridine rings is 1. The van der Waals surface area contributed by atoms with E-state index in [1.54, 1.807) is 30.3 Å². The lowest BCUT2D eigenvalue weighted by molar-refractivity contribution is -0.169. The molecule has 1 N–H and O–H groups in total. The molecule has 1 aliphatic rings. The summed E-state index contributed by atoms with van der Waals surface area (Å²) in [5, 5.41) is 12.4. The van der Waals surface area contributed by atoms with Gasteiger partial charge in [-0.3, -0.25) is 14.6 Å². The molecule has 2 aromatic carbocycles. The number of carbonyl (C=O) groups excluding carboxylic acids is 3. The largest absolute Gasteiger partial charge is 0.511 e. The van der Waals surface area contributed by atoms with Gasteiger partial charge < -0.3 is 29.0 Å². The Bertz CT molecular complexity index is 1720. The molecule has 0 saturated heterocycles. The topological polar surface area (TPSA) is 146 Å². The van der Waals surface area contributed by atoms with Crippen molar-refractivity contribution >= 4 is 29.6 Å². The minimum Gasteiger partial charge on any atom is -0.496 e. The van der Waals surface area contributed by atoms with Crippen molar-refractivity contribution in [2.24, 2.45) is 0 Å². The Kier molecular flexibility index (Phi) is 13.3. The molecule has 50 heavy (non-hydrogen) atoms. The van der Waals surface area contributed by atoms with E-state index in [-0.39, 0.29) is 65.1 Å². The fourth-order valence-electron chi connectivity index (χ4n) is 5.24. The number of aromatic nitrogens is 1. The van der Waals surface area contributed by atoms with Crippen LogP contribution in [-0.2, 0) is 31.7 Å². The predicted octanol–water partition coefficient (Wildman–Crippen LogP) is 7.77. The molecule has 266 valence electrons. The maximum absolute atomic E-state index is 13.5. The maximum atomic E-state index is 13.5. The number of nitrogens with one attached hydrogen (secondary N) is 1. The van der Waals surface area contributed by atoms with Gasteiger partial charge in [-0.1, -0.05) is 36.2 Å². The minimum absolute atomic E-state index is 0.00480. The molecule has 4 rings (SSSR count). The molecule has 0 spiro atoms. The summed E-state index contributed by atoms with van der Waals surface area (Å²) in [7, 11) is 1.48. The number of hydrogen-bond acceptors (Lipinski definition) is 10. The van der Waals surface area contributed by atoms with Gasteiger partial charge >= 0.3 is 18.3 Å². The minimum atomic E-state index is -4.78. The number of carbonyl (C=O) groups is 3. The molecular formula is C35H35ClF3N3O8. The van der Waals surface area contributed by atoms with E-state index in [1.165, 1.54) is 26.2 Å². The van der Waals surface area contributed by atoms with Crippen LogP contribution in [0.15, 0.2) is 48.7 Å². The van der Waals surface area contributed by atoms with Crippen LogP contribution in [0.25, 0.3) is 11.1 Å². The summed E-state index contributed by atoms with van der Waals surface area (Å²) in [6.07, 6.45) is -1.68. The smallest absolute Gasteiger partial charge is 0.496 e. The first kappa shape index (κ1) is 37.8. The van der Waals surface area contributed by atoms with E-state index in [9.17, 15) is 32.8 Å². The zero-order valence-corrected chi connectivity index (χ0v) is 28.1. The van der Waals surface area contributed by atoms with Crippen LogP contribution in [0.4, 0.5) is 18.0 Å². The molecule has 0 aliphatic heterocycles. The average molecular weight is 718 g/mol. The number of ether oxygens (including phenoxy) is 5. The number of alkyl halides is 3. The highest BCUT2D eigenvalue weighted by molar-refractivity contribution is 6.33. The molecule has 3 aromatic rings. The van der Waals surface area contributed by atoms with E-state index in [0.717, 1.165) is 38.3 Å². The van der Waals surface area contributed by atoms with Crippen LogP contribution < -0.4 is 14.8 Å². The van der Waals surface area contributed by atoms with Gasteiger partial charge in [0, 0.05) is 48.8 Å². The fraction of sp³-hybridized carbons (Fsp3) is 0.400. The van der Waals surface area contributed by atoms with Crippen molar-refractivity contribution in [1.29, 1.82) is 5.26 Å². The molecule has 15 heteroatoms. The summed E-state index contributed by atoms with van der Waals surface area (Å²) in [5.74, 6) is -0.769. The monoisotopic (exact) mass is 717 g/mol.